The Morgan fingerprint density at radius 2 is 1.88 bits per heavy atom. The van der Waals surface area contributed by atoms with E-state index in [4.69, 9.17) is 16.3 Å². The fraction of sp³-hybridized carbons (Fsp3) is 0.292. The molecule has 7 nitrogen and oxygen atoms in total. The van der Waals surface area contributed by atoms with E-state index in [-0.39, 0.29) is 18.0 Å². The van der Waals surface area contributed by atoms with Crippen molar-refractivity contribution >= 4 is 35.2 Å². The van der Waals surface area contributed by atoms with Gasteiger partial charge < -0.3 is 15.4 Å². The van der Waals surface area contributed by atoms with Crippen LogP contribution in [0.2, 0.25) is 5.02 Å². The van der Waals surface area contributed by atoms with E-state index in [1.165, 1.54) is 4.90 Å². The maximum absolute atomic E-state index is 12.9. The molecule has 168 valence electrons. The number of carbonyl (C=O) groups is 3. The summed E-state index contributed by atoms with van der Waals surface area (Å²) in [7, 11) is 0. The molecule has 3 rings (SSSR count). The van der Waals surface area contributed by atoms with E-state index in [0.29, 0.717) is 39.7 Å². The maximum atomic E-state index is 12.9. The number of benzene rings is 2. The minimum atomic E-state index is -0.705. The van der Waals surface area contributed by atoms with Crippen molar-refractivity contribution in [2.45, 2.75) is 39.8 Å². The number of amides is 3. The molecule has 2 N–H and O–H groups in total. The number of nitrogens with one attached hydrogen (secondary N) is 2. The molecule has 2 aromatic rings. The van der Waals surface area contributed by atoms with Gasteiger partial charge >= 0.3 is 12.0 Å². The summed E-state index contributed by atoms with van der Waals surface area (Å²) in [6.45, 7) is 7.53. The topological polar surface area (TPSA) is 87.7 Å². The number of nitrogens with zero attached hydrogens (tertiary/aromatic N) is 1. The van der Waals surface area contributed by atoms with E-state index in [0.717, 1.165) is 0 Å². The van der Waals surface area contributed by atoms with Gasteiger partial charge in [0.25, 0.3) is 5.91 Å². The molecule has 0 radical (unpaired) electrons. The SMILES string of the molecule is CCN1C(=O)NC(c2cccc(NC(=O)c3ccc(Cl)cc3)c2)C(C(=O)OC(C)C)=C1C. The summed E-state index contributed by atoms with van der Waals surface area (Å²) in [6.07, 6.45) is -0.304. The number of ether oxygens (including phenoxy) is 1. The normalized spacial score (nSPS) is 16.1. The van der Waals surface area contributed by atoms with Gasteiger partial charge in [-0.25, -0.2) is 9.59 Å². The van der Waals surface area contributed by atoms with E-state index in [9.17, 15) is 14.4 Å². The Morgan fingerprint density at radius 3 is 2.50 bits per heavy atom. The van der Waals surface area contributed by atoms with Crippen LogP contribution >= 0.6 is 11.6 Å². The van der Waals surface area contributed by atoms with Crippen LogP contribution < -0.4 is 10.6 Å². The molecule has 0 saturated heterocycles. The number of urea groups is 1. The van der Waals surface area contributed by atoms with Crippen LogP contribution in [-0.4, -0.2) is 35.5 Å². The van der Waals surface area contributed by atoms with Gasteiger partial charge in [-0.2, -0.15) is 0 Å². The first-order chi connectivity index (χ1) is 15.2. The Labute approximate surface area is 192 Å². The molecule has 1 heterocycles. The number of hydrogen-bond donors (Lipinski definition) is 2. The minimum absolute atomic E-state index is 0.296. The van der Waals surface area contributed by atoms with Gasteiger partial charge in [0.2, 0.25) is 0 Å². The molecule has 2 aromatic carbocycles. The van der Waals surface area contributed by atoms with Crippen LogP contribution in [0.3, 0.4) is 0 Å². The molecule has 8 heteroatoms. The van der Waals surface area contributed by atoms with Crippen molar-refractivity contribution in [1.29, 1.82) is 0 Å². The van der Waals surface area contributed by atoms with Gasteiger partial charge in [-0.3, -0.25) is 9.69 Å². The van der Waals surface area contributed by atoms with Gasteiger partial charge in [-0.15, -0.1) is 0 Å². The molecule has 0 spiro atoms. The molecule has 0 fully saturated rings. The van der Waals surface area contributed by atoms with Gasteiger partial charge in [0.1, 0.15) is 0 Å². The van der Waals surface area contributed by atoms with Crippen LogP contribution in [0.4, 0.5) is 10.5 Å². The Bertz CT molecular complexity index is 1060. The van der Waals surface area contributed by atoms with E-state index >= 15 is 0 Å². The summed E-state index contributed by atoms with van der Waals surface area (Å²) in [5.74, 6) is -0.786. The lowest BCUT2D eigenvalue weighted by Crippen LogP contribution is -2.48. The van der Waals surface area contributed by atoms with Crippen LogP contribution in [0, 0.1) is 0 Å². The van der Waals surface area contributed by atoms with Gasteiger partial charge in [-0.1, -0.05) is 23.7 Å². The van der Waals surface area contributed by atoms with Crippen LogP contribution in [0.15, 0.2) is 59.8 Å². The standard InChI is InChI=1S/C24H26ClN3O4/c1-5-28-15(4)20(23(30)32-14(2)3)21(27-24(28)31)17-7-6-8-19(13-17)26-22(29)16-9-11-18(25)12-10-16/h6-14,21H,5H2,1-4H3,(H,26,29)(H,27,31). The highest BCUT2D eigenvalue weighted by molar-refractivity contribution is 6.30. The number of hydrogen-bond acceptors (Lipinski definition) is 4. The summed E-state index contributed by atoms with van der Waals surface area (Å²) in [4.78, 5) is 39.6. The van der Waals surface area contributed by atoms with Crippen molar-refractivity contribution in [1.82, 2.24) is 10.2 Å². The molecule has 1 atom stereocenters. The van der Waals surface area contributed by atoms with Crippen molar-refractivity contribution in [2.24, 2.45) is 0 Å². The second-order valence-electron chi connectivity index (χ2n) is 7.67. The number of esters is 1. The molecule has 0 aliphatic carbocycles. The van der Waals surface area contributed by atoms with Crippen molar-refractivity contribution in [3.8, 4) is 0 Å². The average molecular weight is 456 g/mol. The maximum Gasteiger partial charge on any atom is 0.338 e. The van der Waals surface area contributed by atoms with Crippen molar-refractivity contribution in [3.63, 3.8) is 0 Å². The van der Waals surface area contributed by atoms with E-state index in [1.807, 2.05) is 6.92 Å². The Morgan fingerprint density at radius 1 is 1.19 bits per heavy atom. The highest BCUT2D eigenvalue weighted by Gasteiger charge is 2.36. The Balaban J connectivity index is 1.93. The molecule has 32 heavy (non-hydrogen) atoms. The monoisotopic (exact) mass is 455 g/mol. The summed E-state index contributed by atoms with van der Waals surface area (Å²) < 4.78 is 5.45. The third kappa shape index (κ3) is 5.11. The number of carbonyl (C=O) groups excluding carboxylic acids is 3. The number of halogens is 1. The van der Waals surface area contributed by atoms with Gasteiger partial charge in [-0.05, 0) is 69.7 Å². The first-order valence-corrected chi connectivity index (χ1v) is 10.8. The van der Waals surface area contributed by atoms with Gasteiger partial charge in [0.05, 0.1) is 17.7 Å². The van der Waals surface area contributed by atoms with Crippen LogP contribution in [0.25, 0.3) is 0 Å². The van der Waals surface area contributed by atoms with Crippen LogP contribution in [0.1, 0.15) is 49.7 Å². The van der Waals surface area contributed by atoms with Gasteiger partial charge in [0, 0.05) is 28.5 Å². The quantitative estimate of drug-likeness (QED) is 0.606. The zero-order valence-corrected chi connectivity index (χ0v) is 19.2. The first kappa shape index (κ1) is 23.3. The van der Waals surface area contributed by atoms with Gasteiger partial charge in [0.15, 0.2) is 0 Å². The number of rotatable bonds is 6. The molecule has 1 aliphatic rings. The highest BCUT2D eigenvalue weighted by Crippen LogP contribution is 2.32. The lowest BCUT2D eigenvalue weighted by atomic mass is 9.94. The fourth-order valence-corrected chi connectivity index (χ4v) is 3.68. The van der Waals surface area contributed by atoms with Crippen molar-refractivity contribution in [2.75, 3.05) is 11.9 Å². The summed E-state index contributed by atoms with van der Waals surface area (Å²) in [5, 5.41) is 6.27. The van der Waals surface area contributed by atoms with E-state index < -0.39 is 12.0 Å². The van der Waals surface area contributed by atoms with E-state index in [2.05, 4.69) is 10.6 Å². The molecule has 1 unspecified atom stereocenters. The zero-order valence-electron chi connectivity index (χ0n) is 18.4. The third-order valence-electron chi connectivity index (χ3n) is 5.06. The molecular formula is C24H26ClN3O4. The van der Waals surface area contributed by atoms with Crippen LogP contribution in [0.5, 0.6) is 0 Å². The molecule has 1 aliphatic heterocycles. The Hall–Kier alpha value is -3.32. The lowest BCUT2D eigenvalue weighted by Gasteiger charge is -2.35. The minimum Gasteiger partial charge on any atom is -0.459 e. The third-order valence-corrected chi connectivity index (χ3v) is 5.31. The molecule has 3 amide bonds. The number of anilines is 1. The highest BCUT2D eigenvalue weighted by atomic mass is 35.5. The fourth-order valence-electron chi connectivity index (χ4n) is 3.55. The molecule has 0 saturated carbocycles. The zero-order chi connectivity index (χ0) is 23.4. The summed E-state index contributed by atoms with van der Waals surface area (Å²) in [5.41, 5.74) is 2.55. The largest absolute Gasteiger partial charge is 0.459 e. The van der Waals surface area contributed by atoms with Crippen LogP contribution in [-0.2, 0) is 9.53 Å². The smallest absolute Gasteiger partial charge is 0.338 e. The summed E-state index contributed by atoms with van der Waals surface area (Å²) >= 11 is 5.89. The van der Waals surface area contributed by atoms with Crippen molar-refractivity contribution < 1.29 is 19.1 Å². The first-order valence-electron chi connectivity index (χ1n) is 10.4. The number of allylic oxidation sites excluding steroid dienone is 1. The van der Waals surface area contributed by atoms with E-state index in [1.54, 1.807) is 69.3 Å². The predicted molar refractivity (Wildman–Crippen MR) is 123 cm³/mol. The Kier molecular flexibility index (Phi) is 7.20. The second kappa shape index (κ2) is 9.87. The lowest BCUT2D eigenvalue weighted by molar-refractivity contribution is -0.143. The van der Waals surface area contributed by atoms with Crippen molar-refractivity contribution in [3.05, 3.63) is 76.0 Å². The summed E-state index contributed by atoms with van der Waals surface area (Å²) in [6, 6.07) is 12.6. The molecular weight excluding hydrogens is 430 g/mol. The molecule has 0 aromatic heterocycles. The molecule has 0 bridgehead atoms. The second-order valence-corrected chi connectivity index (χ2v) is 8.10. The average Bonchev–Trinajstić information content (AvgIpc) is 2.73. The predicted octanol–water partition coefficient (Wildman–Crippen LogP) is 4.90.